The van der Waals surface area contributed by atoms with Crippen LogP contribution >= 0.6 is 15.9 Å². The van der Waals surface area contributed by atoms with Crippen molar-refractivity contribution >= 4 is 33.0 Å². The average Bonchev–Trinajstić information content (AvgIpc) is 2.33. The number of nitrogens with two attached hydrogens (primary N) is 1. The van der Waals surface area contributed by atoms with Gasteiger partial charge >= 0.3 is 0 Å². The van der Waals surface area contributed by atoms with Crippen molar-refractivity contribution < 1.29 is 0 Å². The Hall–Kier alpha value is -1.99. The first kappa shape index (κ1) is 12.5. The molecule has 0 fully saturated rings. The zero-order valence-corrected chi connectivity index (χ0v) is 11.5. The van der Waals surface area contributed by atoms with Crippen LogP contribution in [0.1, 0.15) is 11.1 Å². The van der Waals surface area contributed by atoms with Crippen LogP contribution in [-0.2, 0) is 0 Å². The molecule has 90 valence electrons. The number of nitrogens with zero attached hydrogens (tertiary/aromatic N) is 1. The van der Waals surface area contributed by atoms with Gasteiger partial charge in [0.2, 0.25) is 0 Å². The third kappa shape index (κ3) is 2.63. The van der Waals surface area contributed by atoms with Gasteiger partial charge in [-0.2, -0.15) is 5.26 Å². The van der Waals surface area contributed by atoms with Crippen LogP contribution in [0, 0.1) is 18.3 Å². The summed E-state index contributed by atoms with van der Waals surface area (Å²) in [6, 6.07) is 13.4. The van der Waals surface area contributed by atoms with E-state index in [0.29, 0.717) is 11.3 Å². The van der Waals surface area contributed by atoms with E-state index < -0.39 is 0 Å². The van der Waals surface area contributed by atoms with Crippen LogP contribution in [-0.4, -0.2) is 0 Å². The number of rotatable bonds is 2. The smallest absolute Gasteiger partial charge is 0.101 e. The van der Waals surface area contributed by atoms with Crippen molar-refractivity contribution in [3.8, 4) is 6.07 Å². The second kappa shape index (κ2) is 5.11. The summed E-state index contributed by atoms with van der Waals surface area (Å²) >= 11 is 3.43. The largest absolute Gasteiger partial charge is 0.398 e. The number of hydrogen-bond donors (Lipinski definition) is 2. The Bertz CT molecular complexity index is 629. The van der Waals surface area contributed by atoms with Gasteiger partial charge in [0.1, 0.15) is 6.07 Å². The molecule has 18 heavy (non-hydrogen) atoms. The molecule has 0 aliphatic heterocycles. The highest BCUT2D eigenvalue weighted by molar-refractivity contribution is 9.10. The van der Waals surface area contributed by atoms with E-state index >= 15 is 0 Å². The van der Waals surface area contributed by atoms with Crippen LogP contribution in [0.4, 0.5) is 17.1 Å². The highest BCUT2D eigenvalue weighted by atomic mass is 79.9. The summed E-state index contributed by atoms with van der Waals surface area (Å²) in [5.74, 6) is 0. The average molecular weight is 302 g/mol. The fourth-order valence-electron chi connectivity index (χ4n) is 1.67. The van der Waals surface area contributed by atoms with Crippen LogP contribution < -0.4 is 11.1 Å². The second-order valence-electron chi connectivity index (χ2n) is 4.00. The summed E-state index contributed by atoms with van der Waals surface area (Å²) < 4.78 is 1.05. The van der Waals surface area contributed by atoms with Gasteiger partial charge in [-0.1, -0.05) is 15.9 Å². The van der Waals surface area contributed by atoms with Gasteiger partial charge in [0.15, 0.2) is 0 Å². The minimum Gasteiger partial charge on any atom is -0.398 e. The Morgan fingerprint density at radius 1 is 1.22 bits per heavy atom. The second-order valence-corrected chi connectivity index (χ2v) is 4.91. The first-order valence-electron chi connectivity index (χ1n) is 5.43. The van der Waals surface area contributed by atoms with E-state index in [0.717, 1.165) is 21.4 Å². The van der Waals surface area contributed by atoms with Gasteiger partial charge in [0, 0.05) is 15.8 Å². The molecule has 0 amide bonds. The zero-order valence-electron chi connectivity index (χ0n) is 9.87. The number of hydrogen-bond acceptors (Lipinski definition) is 3. The zero-order chi connectivity index (χ0) is 13.1. The molecule has 0 heterocycles. The minimum atomic E-state index is 0.484. The number of aryl methyl sites for hydroxylation is 1. The van der Waals surface area contributed by atoms with E-state index in [1.807, 2.05) is 37.3 Å². The van der Waals surface area contributed by atoms with Crippen molar-refractivity contribution in [1.82, 2.24) is 0 Å². The highest BCUT2D eigenvalue weighted by Gasteiger charge is 2.02. The normalized spacial score (nSPS) is 9.83. The lowest BCUT2D eigenvalue weighted by Gasteiger charge is -2.10. The fraction of sp³-hybridized carbons (Fsp3) is 0.0714. The minimum absolute atomic E-state index is 0.484. The third-order valence-corrected chi connectivity index (χ3v) is 3.13. The third-order valence-electron chi connectivity index (χ3n) is 2.64. The Labute approximate surface area is 114 Å². The molecule has 0 atom stereocenters. The maximum Gasteiger partial charge on any atom is 0.101 e. The standard InChI is InChI=1S/C14H12BrN3/c1-9-6-11(15)3-5-14(9)18-12-4-2-10(8-16)13(17)7-12/h2-7,18H,17H2,1H3. The Morgan fingerprint density at radius 2 is 2.00 bits per heavy atom. The lowest BCUT2D eigenvalue weighted by Crippen LogP contribution is -1.96. The molecule has 4 heteroatoms. The number of anilines is 3. The van der Waals surface area contributed by atoms with E-state index in [2.05, 4.69) is 21.2 Å². The van der Waals surface area contributed by atoms with Gasteiger partial charge in [0.05, 0.1) is 11.3 Å². The molecule has 0 unspecified atom stereocenters. The quantitative estimate of drug-likeness (QED) is 0.826. The van der Waals surface area contributed by atoms with Crippen molar-refractivity contribution in [2.45, 2.75) is 6.92 Å². The van der Waals surface area contributed by atoms with Crippen LogP contribution in [0.15, 0.2) is 40.9 Å². The summed E-state index contributed by atoms with van der Waals surface area (Å²) in [7, 11) is 0. The molecule has 0 aromatic heterocycles. The Kier molecular flexibility index (Phi) is 3.54. The van der Waals surface area contributed by atoms with Crippen LogP contribution in [0.2, 0.25) is 0 Å². The molecule has 0 bridgehead atoms. The Balaban J connectivity index is 2.29. The predicted octanol–water partition coefficient (Wildman–Crippen LogP) is 3.96. The lowest BCUT2D eigenvalue weighted by molar-refractivity contribution is 1.41. The molecule has 3 nitrogen and oxygen atoms in total. The van der Waals surface area contributed by atoms with E-state index in [1.165, 1.54) is 0 Å². The number of halogens is 1. The SMILES string of the molecule is Cc1cc(Br)ccc1Nc1ccc(C#N)c(N)c1. The summed E-state index contributed by atoms with van der Waals surface area (Å²) in [6.45, 7) is 2.03. The molecule has 0 spiro atoms. The van der Waals surface area contributed by atoms with Crippen molar-refractivity contribution in [1.29, 1.82) is 5.26 Å². The van der Waals surface area contributed by atoms with E-state index in [4.69, 9.17) is 11.0 Å². The summed E-state index contributed by atoms with van der Waals surface area (Å²) in [5.41, 5.74) is 9.77. The van der Waals surface area contributed by atoms with Gasteiger partial charge in [-0.05, 0) is 48.9 Å². The van der Waals surface area contributed by atoms with Crippen molar-refractivity contribution in [2.75, 3.05) is 11.1 Å². The molecule has 0 radical (unpaired) electrons. The predicted molar refractivity (Wildman–Crippen MR) is 77.7 cm³/mol. The number of nitriles is 1. The van der Waals surface area contributed by atoms with Crippen molar-refractivity contribution in [3.05, 3.63) is 52.0 Å². The lowest BCUT2D eigenvalue weighted by atomic mass is 10.1. The topological polar surface area (TPSA) is 61.8 Å². The fourth-order valence-corrected chi connectivity index (χ4v) is 2.14. The van der Waals surface area contributed by atoms with Gasteiger partial charge in [-0.3, -0.25) is 0 Å². The first-order valence-corrected chi connectivity index (χ1v) is 6.22. The van der Waals surface area contributed by atoms with E-state index in [1.54, 1.807) is 12.1 Å². The van der Waals surface area contributed by atoms with Crippen molar-refractivity contribution in [3.63, 3.8) is 0 Å². The molecule has 2 aromatic carbocycles. The van der Waals surface area contributed by atoms with Crippen LogP contribution in [0.25, 0.3) is 0 Å². The summed E-state index contributed by atoms with van der Waals surface area (Å²) in [4.78, 5) is 0. The maximum atomic E-state index is 8.82. The summed E-state index contributed by atoms with van der Waals surface area (Å²) in [5, 5.41) is 12.1. The van der Waals surface area contributed by atoms with Gasteiger partial charge in [-0.15, -0.1) is 0 Å². The Morgan fingerprint density at radius 3 is 2.61 bits per heavy atom. The number of nitrogen functional groups attached to an aromatic ring is 1. The van der Waals surface area contributed by atoms with E-state index in [-0.39, 0.29) is 0 Å². The molecule has 0 aliphatic carbocycles. The van der Waals surface area contributed by atoms with Gasteiger partial charge in [-0.25, -0.2) is 0 Å². The molecular formula is C14H12BrN3. The first-order chi connectivity index (χ1) is 8.60. The molecule has 0 saturated carbocycles. The van der Waals surface area contributed by atoms with Gasteiger partial charge in [0.25, 0.3) is 0 Å². The monoisotopic (exact) mass is 301 g/mol. The van der Waals surface area contributed by atoms with Crippen molar-refractivity contribution in [2.24, 2.45) is 0 Å². The molecular weight excluding hydrogens is 290 g/mol. The molecule has 2 rings (SSSR count). The maximum absolute atomic E-state index is 8.82. The molecule has 0 aliphatic rings. The summed E-state index contributed by atoms with van der Waals surface area (Å²) in [6.07, 6.45) is 0. The van der Waals surface area contributed by atoms with Gasteiger partial charge < -0.3 is 11.1 Å². The van der Waals surface area contributed by atoms with E-state index in [9.17, 15) is 0 Å². The highest BCUT2D eigenvalue weighted by Crippen LogP contribution is 2.25. The number of nitrogens with one attached hydrogen (secondary N) is 1. The molecule has 2 aromatic rings. The molecule has 3 N–H and O–H groups in total. The van der Waals surface area contributed by atoms with Crippen LogP contribution in [0.5, 0.6) is 0 Å². The molecule has 0 saturated heterocycles. The van der Waals surface area contributed by atoms with Crippen LogP contribution in [0.3, 0.4) is 0 Å². The number of benzene rings is 2.